The van der Waals surface area contributed by atoms with Crippen LogP contribution in [0.25, 0.3) is 11.4 Å². The predicted molar refractivity (Wildman–Crippen MR) is 108 cm³/mol. The monoisotopic (exact) mass is 395 g/mol. The van der Waals surface area contributed by atoms with Crippen LogP contribution >= 0.6 is 11.6 Å². The van der Waals surface area contributed by atoms with Crippen molar-refractivity contribution in [2.24, 2.45) is 0 Å². The zero-order chi connectivity index (χ0) is 19.6. The lowest BCUT2D eigenvalue weighted by Crippen LogP contribution is -2.43. The smallest absolute Gasteiger partial charge is 0.231 e. The maximum Gasteiger partial charge on any atom is 0.231 e. The molecule has 1 unspecified atom stereocenters. The summed E-state index contributed by atoms with van der Waals surface area (Å²) >= 11 is 6.04. The number of hydrogen-bond acceptors (Lipinski definition) is 4. The van der Waals surface area contributed by atoms with Crippen molar-refractivity contribution in [1.29, 1.82) is 0 Å². The minimum absolute atomic E-state index is 0.0293. The summed E-state index contributed by atoms with van der Waals surface area (Å²) in [6.07, 6.45) is 7.16. The average Bonchev–Trinajstić information content (AvgIpc) is 3.40. The first-order chi connectivity index (χ1) is 13.6. The number of carbonyl (C=O) groups excluding carboxylic acids is 1. The summed E-state index contributed by atoms with van der Waals surface area (Å²) in [6.45, 7) is 1.92. The third-order valence-electron chi connectivity index (χ3n) is 5.49. The highest BCUT2D eigenvalue weighted by atomic mass is 35.5. The quantitative estimate of drug-likeness (QED) is 0.677. The Bertz CT molecular complexity index is 948. The van der Waals surface area contributed by atoms with Gasteiger partial charge in [-0.05, 0) is 49.6 Å². The Balaban J connectivity index is 1.53. The molecule has 1 aliphatic rings. The molecule has 0 radical (unpaired) electrons. The van der Waals surface area contributed by atoms with Gasteiger partial charge in [0.2, 0.25) is 5.91 Å². The molecule has 2 heterocycles. The van der Waals surface area contributed by atoms with E-state index < -0.39 is 5.41 Å². The van der Waals surface area contributed by atoms with Gasteiger partial charge in [0.05, 0.1) is 11.5 Å². The van der Waals surface area contributed by atoms with Crippen LogP contribution in [0.2, 0.25) is 5.02 Å². The summed E-state index contributed by atoms with van der Waals surface area (Å²) in [5.41, 5.74) is 1.39. The van der Waals surface area contributed by atoms with E-state index in [9.17, 15) is 4.79 Å². The van der Waals surface area contributed by atoms with E-state index in [1.165, 1.54) is 0 Å². The average molecular weight is 396 g/mol. The molecule has 28 heavy (non-hydrogen) atoms. The fourth-order valence-corrected chi connectivity index (χ4v) is 4.02. The second-order valence-electron chi connectivity index (χ2n) is 7.27. The van der Waals surface area contributed by atoms with E-state index in [0.717, 1.165) is 36.8 Å². The molecule has 6 nitrogen and oxygen atoms in total. The third kappa shape index (κ3) is 3.52. The molecule has 1 aliphatic carbocycles. The van der Waals surface area contributed by atoms with Gasteiger partial charge in [-0.3, -0.25) is 14.9 Å². The fourth-order valence-electron chi connectivity index (χ4n) is 3.90. The molecule has 144 valence electrons. The van der Waals surface area contributed by atoms with Gasteiger partial charge in [-0.15, -0.1) is 0 Å². The molecule has 1 amide bonds. The van der Waals surface area contributed by atoms with E-state index in [-0.39, 0.29) is 11.9 Å². The maximum absolute atomic E-state index is 13.3. The van der Waals surface area contributed by atoms with Gasteiger partial charge >= 0.3 is 0 Å². The van der Waals surface area contributed by atoms with Crippen LogP contribution < -0.4 is 5.32 Å². The van der Waals surface area contributed by atoms with Gasteiger partial charge in [0.25, 0.3) is 0 Å². The van der Waals surface area contributed by atoms with E-state index in [1.807, 2.05) is 43.3 Å². The highest BCUT2D eigenvalue weighted by Crippen LogP contribution is 2.42. The predicted octanol–water partition coefficient (Wildman–Crippen LogP) is 4.21. The molecular weight excluding hydrogens is 374 g/mol. The third-order valence-corrected chi connectivity index (χ3v) is 5.74. The minimum Gasteiger partial charge on any atom is -0.346 e. The molecule has 7 heteroatoms. The van der Waals surface area contributed by atoms with Gasteiger partial charge < -0.3 is 5.32 Å². The molecule has 3 aromatic rings. The van der Waals surface area contributed by atoms with Crippen molar-refractivity contribution < 1.29 is 4.79 Å². The largest absolute Gasteiger partial charge is 0.346 e. The van der Waals surface area contributed by atoms with Crippen molar-refractivity contribution in [1.82, 2.24) is 25.5 Å². The number of nitrogens with one attached hydrogen (secondary N) is 2. The molecule has 0 aliphatic heterocycles. The molecule has 2 aromatic heterocycles. The van der Waals surface area contributed by atoms with Crippen molar-refractivity contribution in [2.75, 3.05) is 0 Å². The van der Waals surface area contributed by atoms with Gasteiger partial charge in [0, 0.05) is 23.0 Å². The number of carbonyl (C=O) groups is 1. The van der Waals surface area contributed by atoms with Crippen LogP contribution in [-0.2, 0) is 10.2 Å². The van der Waals surface area contributed by atoms with Crippen LogP contribution in [-0.4, -0.2) is 26.1 Å². The number of benzene rings is 1. The van der Waals surface area contributed by atoms with E-state index in [1.54, 1.807) is 12.4 Å². The zero-order valence-electron chi connectivity index (χ0n) is 15.7. The van der Waals surface area contributed by atoms with Gasteiger partial charge in [0.1, 0.15) is 5.82 Å². The van der Waals surface area contributed by atoms with Crippen LogP contribution in [0.4, 0.5) is 0 Å². The van der Waals surface area contributed by atoms with Gasteiger partial charge in [-0.25, -0.2) is 4.98 Å². The molecule has 1 fully saturated rings. The summed E-state index contributed by atoms with van der Waals surface area (Å²) in [7, 11) is 0. The Labute approximate surface area is 168 Å². The Hall–Kier alpha value is -2.73. The van der Waals surface area contributed by atoms with E-state index >= 15 is 0 Å². The van der Waals surface area contributed by atoms with Gasteiger partial charge in [0.15, 0.2) is 5.82 Å². The van der Waals surface area contributed by atoms with Crippen molar-refractivity contribution in [3.05, 3.63) is 65.2 Å². The normalized spacial score (nSPS) is 16.6. The van der Waals surface area contributed by atoms with E-state index in [0.29, 0.717) is 16.7 Å². The molecule has 0 spiro atoms. The number of amides is 1. The highest BCUT2D eigenvalue weighted by Gasteiger charge is 2.43. The number of rotatable bonds is 5. The number of aromatic amines is 1. The van der Waals surface area contributed by atoms with E-state index in [4.69, 9.17) is 11.6 Å². The molecule has 4 rings (SSSR count). The van der Waals surface area contributed by atoms with Crippen molar-refractivity contribution in [2.45, 2.75) is 44.1 Å². The first-order valence-electron chi connectivity index (χ1n) is 9.48. The van der Waals surface area contributed by atoms with Crippen LogP contribution in [0.15, 0.2) is 48.8 Å². The van der Waals surface area contributed by atoms with Crippen molar-refractivity contribution in [3.63, 3.8) is 0 Å². The first-order valence-corrected chi connectivity index (χ1v) is 9.86. The summed E-state index contributed by atoms with van der Waals surface area (Å²) < 4.78 is 0. The lowest BCUT2D eigenvalue weighted by molar-refractivity contribution is -0.127. The summed E-state index contributed by atoms with van der Waals surface area (Å²) in [5, 5.41) is 11.0. The molecule has 1 atom stereocenters. The zero-order valence-corrected chi connectivity index (χ0v) is 16.4. The van der Waals surface area contributed by atoms with Crippen LogP contribution in [0.5, 0.6) is 0 Å². The second kappa shape index (κ2) is 7.72. The topological polar surface area (TPSA) is 83.6 Å². The van der Waals surface area contributed by atoms with Crippen molar-refractivity contribution >= 4 is 17.5 Å². The molecule has 1 aromatic carbocycles. The molecule has 0 bridgehead atoms. The maximum atomic E-state index is 13.3. The summed E-state index contributed by atoms with van der Waals surface area (Å²) in [4.78, 5) is 21.8. The fraction of sp³-hybridized carbons (Fsp3) is 0.333. The van der Waals surface area contributed by atoms with Crippen LogP contribution in [0.3, 0.4) is 0 Å². The molecule has 1 saturated carbocycles. The summed E-state index contributed by atoms with van der Waals surface area (Å²) in [5.74, 6) is 1.25. The second-order valence-corrected chi connectivity index (χ2v) is 7.71. The van der Waals surface area contributed by atoms with E-state index in [2.05, 4.69) is 25.5 Å². The number of aromatic nitrogens is 4. The van der Waals surface area contributed by atoms with Crippen LogP contribution in [0, 0.1) is 0 Å². The molecule has 2 N–H and O–H groups in total. The Kier molecular flexibility index (Phi) is 5.13. The molecule has 0 saturated heterocycles. The molecular formula is C21H22ClN5O. The highest BCUT2D eigenvalue weighted by molar-refractivity contribution is 6.30. The number of nitrogens with zero attached hydrogens (tertiary/aromatic N) is 3. The minimum atomic E-state index is -0.507. The van der Waals surface area contributed by atoms with Gasteiger partial charge in [-0.2, -0.15) is 5.10 Å². The number of H-pyrrole nitrogens is 1. The summed E-state index contributed by atoms with van der Waals surface area (Å²) in [6, 6.07) is 11.1. The SMILES string of the molecule is CC(NC(=O)C1(c2ccc(Cl)cc2)CCCC1)c1nc(-c2ccncc2)n[nH]1. The van der Waals surface area contributed by atoms with Crippen molar-refractivity contribution in [3.8, 4) is 11.4 Å². The standard InChI is InChI=1S/C21H22ClN5O/c1-14(18-25-19(27-26-18)15-8-12-23-13-9-15)24-20(28)21(10-2-3-11-21)16-4-6-17(22)7-5-16/h4-9,12-14H,2-3,10-11H2,1H3,(H,24,28)(H,25,26,27). The lowest BCUT2D eigenvalue weighted by atomic mass is 9.78. The first kappa shape index (κ1) is 18.6. The van der Waals surface area contributed by atoms with Crippen LogP contribution in [0.1, 0.15) is 50.0 Å². The van der Waals surface area contributed by atoms with Gasteiger partial charge in [-0.1, -0.05) is 36.6 Å². The Morgan fingerprint density at radius 3 is 2.50 bits per heavy atom. The Morgan fingerprint density at radius 2 is 1.82 bits per heavy atom. The number of pyridine rings is 1. The number of hydrogen-bond donors (Lipinski definition) is 2. The Morgan fingerprint density at radius 1 is 1.14 bits per heavy atom. The number of halogens is 1. The lowest BCUT2D eigenvalue weighted by Gasteiger charge is -2.29.